The molecular weight excluding hydrogens is 320 g/mol. The van der Waals surface area contributed by atoms with Crippen LogP contribution >= 0.6 is 0 Å². The van der Waals surface area contributed by atoms with Gasteiger partial charge in [-0.05, 0) is 19.0 Å². The van der Waals surface area contributed by atoms with Crippen molar-refractivity contribution in [1.29, 1.82) is 0 Å². The second kappa shape index (κ2) is 6.65. The van der Waals surface area contributed by atoms with E-state index in [9.17, 15) is 4.79 Å². The summed E-state index contributed by atoms with van der Waals surface area (Å²) in [7, 11) is 2.02. The summed E-state index contributed by atoms with van der Waals surface area (Å²) in [6.45, 7) is 5.42. The van der Waals surface area contributed by atoms with E-state index in [0.29, 0.717) is 25.3 Å². The molecule has 2 fully saturated rings. The summed E-state index contributed by atoms with van der Waals surface area (Å²) in [5.41, 5.74) is 0.612. The SMILES string of the molecule is Cn1ccnc1CN1CCC2(COCCN(C(=O)c3ccoc3)C2)C1. The summed E-state index contributed by atoms with van der Waals surface area (Å²) >= 11 is 0. The first-order chi connectivity index (χ1) is 12.2. The maximum absolute atomic E-state index is 12.7. The maximum Gasteiger partial charge on any atom is 0.257 e. The van der Waals surface area contributed by atoms with Crippen molar-refractivity contribution in [2.75, 3.05) is 39.4 Å². The molecule has 4 rings (SSSR count). The molecule has 2 aromatic rings. The number of likely N-dealkylation sites (tertiary alicyclic amines) is 1. The number of ether oxygens (including phenoxy) is 1. The molecule has 1 atom stereocenters. The summed E-state index contributed by atoms with van der Waals surface area (Å²) in [5, 5.41) is 0. The van der Waals surface area contributed by atoms with Gasteiger partial charge in [-0.1, -0.05) is 0 Å². The molecular formula is C18H24N4O3. The Kier molecular flexibility index (Phi) is 4.35. The van der Waals surface area contributed by atoms with E-state index in [-0.39, 0.29) is 11.3 Å². The molecule has 1 unspecified atom stereocenters. The van der Waals surface area contributed by atoms with Crippen molar-refractivity contribution in [2.24, 2.45) is 12.5 Å². The Bertz CT molecular complexity index is 727. The zero-order valence-electron chi connectivity index (χ0n) is 14.6. The van der Waals surface area contributed by atoms with Gasteiger partial charge in [-0.2, -0.15) is 0 Å². The highest BCUT2D eigenvalue weighted by molar-refractivity contribution is 5.93. The van der Waals surface area contributed by atoms with Crippen LogP contribution in [0.25, 0.3) is 0 Å². The van der Waals surface area contributed by atoms with Crippen molar-refractivity contribution >= 4 is 5.91 Å². The number of aryl methyl sites for hydroxylation is 1. The van der Waals surface area contributed by atoms with Crippen LogP contribution in [0.3, 0.4) is 0 Å². The second-order valence-corrected chi connectivity index (χ2v) is 7.21. The van der Waals surface area contributed by atoms with Crippen LogP contribution in [-0.4, -0.2) is 64.7 Å². The largest absolute Gasteiger partial charge is 0.472 e. The van der Waals surface area contributed by atoms with E-state index in [1.165, 1.54) is 6.26 Å². The van der Waals surface area contributed by atoms with Crippen molar-refractivity contribution in [2.45, 2.75) is 13.0 Å². The number of amides is 1. The molecule has 1 amide bonds. The molecule has 4 heterocycles. The van der Waals surface area contributed by atoms with E-state index in [1.807, 2.05) is 24.3 Å². The van der Waals surface area contributed by atoms with Crippen LogP contribution in [-0.2, 0) is 18.3 Å². The van der Waals surface area contributed by atoms with Crippen LogP contribution in [0, 0.1) is 5.41 Å². The number of carbonyl (C=O) groups excluding carboxylic acids is 1. The molecule has 134 valence electrons. The van der Waals surface area contributed by atoms with Crippen LogP contribution in [0.15, 0.2) is 35.4 Å². The van der Waals surface area contributed by atoms with Gasteiger partial charge in [-0.25, -0.2) is 4.98 Å². The van der Waals surface area contributed by atoms with E-state index in [2.05, 4.69) is 14.5 Å². The van der Waals surface area contributed by atoms with Crippen molar-refractivity contribution in [3.05, 3.63) is 42.4 Å². The van der Waals surface area contributed by atoms with Crippen LogP contribution < -0.4 is 0 Å². The average Bonchev–Trinajstić information content (AvgIpc) is 3.31. The molecule has 2 aliphatic heterocycles. The third-order valence-corrected chi connectivity index (χ3v) is 5.30. The molecule has 0 saturated carbocycles. The number of aromatic nitrogens is 2. The number of imidazole rings is 1. The lowest BCUT2D eigenvalue weighted by Crippen LogP contribution is -2.43. The monoisotopic (exact) mass is 344 g/mol. The summed E-state index contributed by atoms with van der Waals surface area (Å²) in [5.74, 6) is 1.10. The number of hydrogen-bond acceptors (Lipinski definition) is 5. The van der Waals surface area contributed by atoms with Crippen molar-refractivity contribution in [3.8, 4) is 0 Å². The van der Waals surface area contributed by atoms with Gasteiger partial charge in [0.15, 0.2) is 0 Å². The lowest BCUT2D eigenvalue weighted by Gasteiger charge is -2.31. The third-order valence-electron chi connectivity index (χ3n) is 5.30. The van der Waals surface area contributed by atoms with Crippen LogP contribution in [0.2, 0.25) is 0 Å². The zero-order chi connectivity index (χ0) is 17.3. The molecule has 0 radical (unpaired) electrons. The van der Waals surface area contributed by atoms with Crippen molar-refractivity contribution < 1.29 is 13.9 Å². The molecule has 1 spiro atoms. The molecule has 2 aromatic heterocycles. The van der Waals surface area contributed by atoms with Gasteiger partial charge in [-0.15, -0.1) is 0 Å². The van der Waals surface area contributed by atoms with E-state index in [0.717, 1.165) is 38.4 Å². The minimum atomic E-state index is 0.00105. The summed E-state index contributed by atoms with van der Waals surface area (Å²) in [4.78, 5) is 21.5. The van der Waals surface area contributed by atoms with Gasteiger partial charge in [0.2, 0.25) is 0 Å². The Morgan fingerprint density at radius 3 is 3.04 bits per heavy atom. The first kappa shape index (κ1) is 16.4. The minimum absolute atomic E-state index is 0.00105. The summed E-state index contributed by atoms with van der Waals surface area (Å²) < 4.78 is 13.0. The zero-order valence-corrected chi connectivity index (χ0v) is 14.6. The fourth-order valence-electron chi connectivity index (χ4n) is 3.89. The number of nitrogens with zero attached hydrogens (tertiary/aromatic N) is 4. The predicted octanol–water partition coefficient (Wildman–Crippen LogP) is 1.38. The lowest BCUT2D eigenvalue weighted by atomic mass is 9.87. The molecule has 0 aliphatic carbocycles. The number of hydrogen-bond donors (Lipinski definition) is 0. The Morgan fingerprint density at radius 1 is 1.36 bits per heavy atom. The second-order valence-electron chi connectivity index (χ2n) is 7.21. The Morgan fingerprint density at radius 2 is 2.28 bits per heavy atom. The van der Waals surface area contributed by atoms with E-state index in [1.54, 1.807) is 12.3 Å². The third kappa shape index (κ3) is 3.34. The summed E-state index contributed by atoms with van der Waals surface area (Å²) in [6, 6.07) is 1.72. The molecule has 0 N–H and O–H groups in total. The fraction of sp³-hybridized carbons (Fsp3) is 0.556. The normalized spacial score (nSPS) is 24.8. The molecule has 2 saturated heterocycles. The molecule has 7 heteroatoms. The van der Waals surface area contributed by atoms with Crippen LogP contribution in [0.5, 0.6) is 0 Å². The smallest absolute Gasteiger partial charge is 0.257 e. The number of furan rings is 1. The Hall–Kier alpha value is -2.12. The van der Waals surface area contributed by atoms with Crippen LogP contribution in [0.1, 0.15) is 22.6 Å². The molecule has 0 bridgehead atoms. The van der Waals surface area contributed by atoms with Gasteiger partial charge in [0.1, 0.15) is 12.1 Å². The van der Waals surface area contributed by atoms with Gasteiger partial charge in [0.25, 0.3) is 5.91 Å². The number of carbonyl (C=O) groups is 1. The highest BCUT2D eigenvalue weighted by Crippen LogP contribution is 2.34. The van der Waals surface area contributed by atoms with Gasteiger partial charge >= 0.3 is 0 Å². The molecule has 0 aromatic carbocycles. The lowest BCUT2D eigenvalue weighted by molar-refractivity contribution is 0.0642. The summed E-state index contributed by atoms with van der Waals surface area (Å²) in [6.07, 6.45) is 7.90. The quantitative estimate of drug-likeness (QED) is 0.842. The van der Waals surface area contributed by atoms with Crippen molar-refractivity contribution in [1.82, 2.24) is 19.4 Å². The maximum atomic E-state index is 12.7. The van der Waals surface area contributed by atoms with Crippen LogP contribution in [0.4, 0.5) is 0 Å². The minimum Gasteiger partial charge on any atom is -0.472 e. The van der Waals surface area contributed by atoms with Gasteiger partial charge < -0.3 is 18.6 Å². The topological polar surface area (TPSA) is 63.7 Å². The fourth-order valence-corrected chi connectivity index (χ4v) is 3.89. The molecule has 2 aliphatic rings. The van der Waals surface area contributed by atoms with Crippen molar-refractivity contribution in [3.63, 3.8) is 0 Å². The molecule has 7 nitrogen and oxygen atoms in total. The van der Waals surface area contributed by atoms with E-state index >= 15 is 0 Å². The highest BCUT2D eigenvalue weighted by Gasteiger charge is 2.42. The Labute approximate surface area is 147 Å². The predicted molar refractivity (Wildman–Crippen MR) is 91.0 cm³/mol. The highest BCUT2D eigenvalue weighted by atomic mass is 16.5. The standard InChI is InChI=1S/C18H24N4O3/c1-20-6-4-19-16(20)10-21-5-3-18(12-21)13-22(7-9-25-14-18)17(23)15-2-8-24-11-15/h2,4,6,8,11H,3,5,7,9-10,12-14H2,1H3. The average molecular weight is 344 g/mol. The van der Waals surface area contributed by atoms with E-state index < -0.39 is 0 Å². The first-order valence-corrected chi connectivity index (χ1v) is 8.73. The van der Waals surface area contributed by atoms with Gasteiger partial charge in [0.05, 0.1) is 31.6 Å². The van der Waals surface area contributed by atoms with E-state index in [4.69, 9.17) is 9.15 Å². The first-order valence-electron chi connectivity index (χ1n) is 8.73. The Balaban J connectivity index is 1.45. The number of rotatable bonds is 3. The van der Waals surface area contributed by atoms with Gasteiger partial charge in [0, 0.05) is 44.5 Å². The molecule has 25 heavy (non-hydrogen) atoms. The van der Waals surface area contributed by atoms with Gasteiger partial charge in [-0.3, -0.25) is 9.69 Å².